The summed E-state index contributed by atoms with van der Waals surface area (Å²) in [5.74, 6) is -1.70. The Morgan fingerprint density at radius 1 is 1.19 bits per heavy atom. The Labute approximate surface area is 92.7 Å². The van der Waals surface area contributed by atoms with Crippen LogP contribution >= 0.6 is 0 Å². The summed E-state index contributed by atoms with van der Waals surface area (Å²) < 4.78 is 0. The number of Topliss-reactive ketones (excluding diaryl/α,β-unsaturated/α-hetero) is 1. The summed E-state index contributed by atoms with van der Waals surface area (Å²) in [7, 11) is 0. The summed E-state index contributed by atoms with van der Waals surface area (Å²) in [6, 6.07) is 0. The predicted octanol–water partition coefficient (Wildman–Crippen LogP) is -2.50. The highest BCUT2D eigenvalue weighted by molar-refractivity contribution is 5.89. The highest BCUT2D eigenvalue weighted by atomic mass is 16.4. The van der Waals surface area contributed by atoms with E-state index in [2.05, 4.69) is 0 Å². The van der Waals surface area contributed by atoms with Gasteiger partial charge in [0.2, 0.25) is 11.6 Å². The molecule has 0 saturated carbocycles. The standard InChI is InChI=1S/C9H17NO6/c1-4(11)7(14)8(15)9(16,5(2)12)10-6(3)13/h4,7-8,11,14-16H,1-3H3,(H,10,13)/t4-,7-,8+,9+/m1/s1. The maximum Gasteiger partial charge on any atom is 0.227 e. The van der Waals surface area contributed by atoms with Crippen LogP contribution in [0.3, 0.4) is 0 Å². The number of aliphatic hydroxyl groups excluding tert-OH is 3. The number of hydrogen-bond donors (Lipinski definition) is 5. The molecule has 7 heteroatoms. The molecule has 0 aromatic rings. The molecule has 0 spiro atoms. The first-order valence-corrected chi connectivity index (χ1v) is 4.69. The summed E-state index contributed by atoms with van der Waals surface area (Å²) in [5.41, 5.74) is -2.61. The fourth-order valence-electron chi connectivity index (χ4n) is 1.15. The largest absolute Gasteiger partial charge is 0.391 e. The van der Waals surface area contributed by atoms with Crippen LogP contribution in [0.1, 0.15) is 20.8 Å². The number of nitrogens with one attached hydrogen (secondary N) is 1. The first kappa shape index (κ1) is 15.0. The van der Waals surface area contributed by atoms with E-state index in [-0.39, 0.29) is 0 Å². The normalized spacial score (nSPS) is 20.4. The van der Waals surface area contributed by atoms with Gasteiger partial charge >= 0.3 is 0 Å². The van der Waals surface area contributed by atoms with Gasteiger partial charge in [0.25, 0.3) is 0 Å². The Morgan fingerprint density at radius 2 is 1.62 bits per heavy atom. The van der Waals surface area contributed by atoms with Gasteiger partial charge in [-0.15, -0.1) is 0 Å². The molecule has 16 heavy (non-hydrogen) atoms. The number of rotatable bonds is 5. The lowest BCUT2D eigenvalue weighted by molar-refractivity contribution is -0.180. The van der Waals surface area contributed by atoms with Gasteiger partial charge in [0.05, 0.1) is 6.10 Å². The average Bonchev–Trinajstić information content (AvgIpc) is 2.13. The molecule has 5 N–H and O–H groups in total. The van der Waals surface area contributed by atoms with Crippen molar-refractivity contribution >= 4 is 11.7 Å². The Morgan fingerprint density at radius 3 is 1.88 bits per heavy atom. The van der Waals surface area contributed by atoms with E-state index in [9.17, 15) is 24.9 Å². The Kier molecular flexibility index (Phi) is 5.01. The molecule has 0 aliphatic heterocycles. The number of carbonyl (C=O) groups excluding carboxylic acids is 2. The monoisotopic (exact) mass is 235 g/mol. The summed E-state index contributed by atoms with van der Waals surface area (Å²) in [5, 5.41) is 39.5. The van der Waals surface area contributed by atoms with Crippen molar-refractivity contribution in [2.45, 2.75) is 44.8 Å². The number of amides is 1. The van der Waals surface area contributed by atoms with E-state index in [0.717, 1.165) is 13.8 Å². The molecule has 0 aromatic heterocycles. The zero-order valence-electron chi connectivity index (χ0n) is 9.34. The lowest BCUT2D eigenvalue weighted by Gasteiger charge is -2.34. The predicted molar refractivity (Wildman–Crippen MR) is 53.1 cm³/mol. The molecule has 0 aromatic carbocycles. The quantitative estimate of drug-likeness (QED) is 0.335. The molecule has 0 saturated heterocycles. The minimum Gasteiger partial charge on any atom is -0.391 e. The van der Waals surface area contributed by atoms with Crippen molar-refractivity contribution in [2.24, 2.45) is 0 Å². The van der Waals surface area contributed by atoms with Crippen LogP contribution in [-0.4, -0.2) is 56.2 Å². The van der Waals surface area contributed by atoms with Gasteiger partial charge in [-0.1, -0.05) is 0 Å². The molecule has 0 radical (unpaired) electrons. The molecule has 0 aliphatic rings. The van der Waals surface area contributed by atoms with Crippen LogP contribution < -0.4 is 5.32 Å². The Hall–Kier alpha value is -1.02. The second-order valence-electron chi connectivity index (χ2n) is 3.68. The molecule has 1 amide bonds. The molecule has 4 atom stereocenters. The maximum atomic E-state index is 11.2. The first-order chi connectivity index (χ1) is 7.12. The van der Waals surface area contributed by atoms with E-state index in [1.54, 1.807) is 0 Å². The minimum absolute atomic E-state index is 0.755. The molecular formula is C9H17NO6. The van der Waals surface area contributed by atoms with Crippen molar-refractivity contribution in [3.63, 3.8) is 0 Å². The topological polar surface area (TPSA) is 127 Å². The molecular weight excluding hydrogens is 218 g/mol. The lowest BCUT2D eigenvalue weighted by atomic mass is 9.95. The van der Waals surface area contributed by atoms with Crippen LogP contribution in [0.2, 0.25) is 0 Å². The third-order valence-corrected chi connectivity index (χ3v) is 2.15. The van der Waals surface area contributed by atoms with Gasteiger partial charge in [0, 0.05) is 6.92 Å². The lowest BCUT2D eigenvalue weighted by Crippen LogP contribution is -2.65. The molecule has 7 nitrogen and oxygen atoms in total. The van der Waals surface area contributed by atoms with Crippen molar-refractivity contribution < 1.29 is 30.0 Å². The minimum atomic E-state index is -2.61. The number of carbonyl (C=O) groups is 2. The fourth-order valence-corrected chi connectivity index (χ4v) is 1.15. The Bertz CT molecular complexity index is 279. The van der Waals surface area contributed by atoms with Crippen LogP contribution in [-0.2, 0) is 9.59 Å². The van der Waals surface area contributed by atoms with E-state index in [1.165, 1.54) is 6.92 Å². The number of aliphatic hydroxyl groups is 4. The van der Waals surface area contributed by atoms with E-state index >= 15 is 0 Å². The van der Waals surface area contributed by atoms with Gasteiger partial charge in [-0.3, -0.25) is 9.59 Å². The van der Waals surface area contributed by atoms with E-state index in [1.807, 2.05) is 5.32 Å². The van der Waals surface area contributed by atoms with Gasteiger partial charge in [-0.2, -0.15) is 0 Å². The van der Waals surface area contributed by atoms with Crippen molar-refractivity contribution in [1.82, 2.24) is 5.32 Å². The van der Waals surface area contributed by atoms with E-state index < -0.39 is 35.7 Å². The SMILES string of the molecule is CC(=O)N[C@](O)(C(C)=O)[C@@H](O)[C@H](O)[C@@H](C)O. The van der Waals surface area contributed by atoms with Crippen molar-refractivity contribution in [1.29, 1.82) is 0 Å². The van der Waals surface area contributed by atoms with Crippen LogP contribution in [0.5, 0.6) is 0 Å². The van der Waals surface area contributed by atoms with Crippen molar-refractivity contribution in [2.75, 3.05) is 0 Å². The van der Waals surface area contributed by atoms with Crippen LogP contribution in [0.15, 0.2) is 0 Å². The van der Waals surface area contributed by atoms with Crippen LogP contribution in [0, 0.1) is 0 Å². The van der Waals surface area contributed by atoms with Crippen molar-refractivity contribution in [3.8, 4) is 0 Å². The molecule has 0 unspecified atom stereocenters. The summed E-state index contributed by atoms with van der Waals surface area (Å²) >= 11 is 0. The second kappa shape index (κ2) is 5.35. The van der Waals surface area contributed by atoms with Crippen molar-refractivity contribution in [3.05, 3.63) is 0 Å². The maximum absolute atomic E-state index is 11.2. The van der Waals surface area contributed by atoms with Gasteiger partial charge in [0.1, 0.15) is 12.2 Å². The summed E-state index contributed by atoms with van der Waals surface area (Å²) in [6.07, 6.45) is -5.15. The first-order valence-electron chi connectivity index (χ1n) is 4.69. The molecule has 0 rings (SSSR count). The fraction of sp³-hybridized carbons (Fsp3) is 0.778. The van der Waals surface area contributed by atoms with Gasteiger partial charge < -0.3 is 25.7 Å². The summed E-state index contributed by atoms with van der Waals surface area (Å²) in [4.78, 5) is 21.9. The third-order valence-electron chi connectivity index (χ3n) is 2.15. The molecule has 0 heterocycles. The summed E-state index contributed by atoms with van der Waals surface area (Å²) in [6.45, 7) is 3.14. The third kappa shape index (κ3) is 3.24. The van der Waals surface area contributed by atoms with Gasteiger partial charge in [0.15, 0.2) is 5.78 Å². The molecule has 94 valence electrons. The zero-order chi connectivity index (χ0) is 13.1. The van der Waals surface area contributed by atoms with Crippen LogP contribution in [0.4, 0.5) is 0 Å². The number of ketones is 1. The molecule has 0 aliphatic carbocycles. The van der Waals surface area contributed by atoms with Crippen LogP contribution in [0.25, 0.3) is 0 Å². The van der Waals surface area contributed by atoms with Gasteiger partial charge in [-0.05, 0) is 13.8 Å². The highest BCUT2D eigenvalue weighted by Crippen LogP contribution is 2.14. The molecule has 0 bridgehead atoms. The highest BCUT2D eigenvalue weighted by Gasteiger charge is 2.46. The smallest absolute Gasteiger partial charge is 0.227 e. The van der Waals surface area contributed by atoms with Gasteiger partial charge in [-0.25, -0.2) is 0 Å². The van der Waals surface area contributed by atoms with E-state index in [0.29, 0.717) is 0 Å². The average molecular weight is 235 g/mol. The second-order valence-corrected chi connectivity index (χ2v) is 3.68. The van der Waals surface area contributed by atoms with E-state index in [4.69, 9.17) is 5.11 Å². The zero-order valence-corrected chi connectivity index (χ0v) is 9.34. The Balaban J connectivity index is 5.04. The molecule has 0 fully saturated rings. The number of hydrogen-bond acceptors (Lipinski definition) is 6.